The van der Waals surface area contributed by atoms with Crippen LogP contribution in [0, 0.1) is 0 Å². The average Bonchev–Trinajstić information content (AvgIpc) is 2.42. The van der Waals surface area contributed by atoms with Crippen molar-refractivity contribution in [3.63, 3.8) is 0 Å². The second kappa shape index (κ2) is 7.12. The third kappa shape index (κ3) is 3.97. The predicted molar refractivity (Wildman–Crippen MR) is 79.1 cm³/mol. The van der Waals surface area contributed by atoms with Crippen LogP contribution >= 0.6 is 15.9 Å². The van der Waals surface area contributed by atoms with Gasteiger partial charge in [-0.05, 0) is 40.9 Å². The molecule has 0 saturated carbocycles. The topological polar surface area (TPSA) is 24.5 Å². The van der Waals surface area contributed by atoms with E-state index in [4.69, 9.17) is 4.74 Å². The molecule has 0 amide bonds. The van der Waals surface area contributed by atoms with Gasteiger partial charge in [-0.25, -0.2) is 0 Å². The summed E-state index contributed by atoms with van der Waals surface area (Å²) in [6, 6.07) is 8.25. The lowest BCUT2D eigenvalue weighted by Crippen LogP contribution is -2.39. The Morgan fingerprint density at radius 3 is 2.72 bits per heavy atom. The first-order chi connectivity index (χ1) is 8.79. The summed E-state index contributed by atoms with van der Waals surface area (Å²) in [5.74, 6) is 0. The fourth-order valence-corrected chi connectivity index (χ4v) is 2.75. The number of halogens is 1. The van der Waals surface area contributed by atoms with E-state index in [-0.39, 0.29) is 0 Å². The van der Waals surface area contributed by atoms with Crippen molar-refractivity contribution in [1.29, 1.82) is 0 Å². The Bertz CT molecular complexity index is 365. The van der Waals surface area contributed by atoms with Gasteiger partial charge in [0.25, 0.3) is 0 Å². The second-order valence-electron chi connectivity index (χ2n) is 4.68. The van der Waals surface area contributed by atoms with E-state index in [0.717, 1.165) is 43.5 Å². The third-order valence-corrected chi connectivity index (χ3v) is 4.18. The molecule has 100 valence electrons. The first-order valence-electron chi connectivity index (χ1n) is 6.53. The van der Waals surface area contributed by atoms with Crippen LogP contribution in [0.1, 0.15) is 12.8 Å². The SMILES string of the molecule is COC1CCN(CCNc2ccccc2Br)CC1. The summed E-state index contributed by atoms with van der Waals surface area (Å²) in [6.45, 7) is 4.38. The largest absolute Gasteiger partial charge is 0.383 e. The van der Waals surface area contributed by atoms with Crippen LogP contribution in [-0.4, -0.2) is 44.3 Å². The van der Waals surface area contributed by atoms with Crippen molar-refractivity contribution in [3.8, 4) is 0 Å². The lowest BCUT2D eigenvalue weighted by Gasteiger charge is -2.31. The molecular formula is C14H21BrN2O. The number of benzene rings is 1. The van der Waals surface area contributed by atoms with Crippen LogP contribution in [0.15, 0.2) is 28.7 Å². The molecule has 1 aliphatic heterocycles. The first-order valence-corrected chi connectivity index (χ1v) is 7.32. The van der Waals surface area contributed by atoms with Gasteiger partial charge in [0.15, 0.2) is 0 Å². The number of anilines is 1. The summed E-state index contributed by atoms with van der Waals surface area (Å²) in [4.78, 5) is 2.50. The zero-order valence-electron chi connectivity index (χ0n) is 10.9. The van der Waals surface area contributed by atoms with E-state index in [1.165, 1.54) is 5.69 Å². The number of rotatable bonds is 5. The molecule has 4 heteroatoms. The number of nitrogens with one attached hydrogen (secondary N) is 1. The number of hydrogen-bond donors (Lipinski definition) is 1. The van der Waals surface area contributed by atoms with Crippen molar-refractivity contribution in [2.45, 2.75) is 18.9 Å². The Hall–Kier alpha value is -0.580. The zero-order chi connectivity index (χ0) is 12.8. The molecule has 0 unspecified atom stereocenters. The van der Waals surface area contributed by atoms with Crippen molar-refractivity contribution < 1.29 is 4.74 Å². The molecule has 1 aromatic carbocycles. The molecule has 0 radical (unpaired) electrons. The highest BCUT2D eigenvalue weighted by atomic mass is 79.9. The number of methoxy groups -OCH3 is 1. The van der Waals surface area contributed by atoms with Crippen LogP contribution in [0.2, 0.25) is 0 Å². The smallest absolute Gasteiger partial charge is 0.0595 e. The normalized spacial score (nSPS) is 17.9. The molecule has 0 atom stereocenters. The molecular weight excluding hydrogens is 292 g/mol. The minimum Gasteiger partial charge on any atom is -0.383 e. The number of ether oxygens (including phenoxy) is 1. The maximum absolute atomic E-state index is 5.38. The van der Waals surface area contributed by atoms with Gasteiger partial charge in [-0.1, -0.05) is 12.1 Å². The monoisotopic (exact) mass is 312 g/mol. The average molecular weight is 313 g/mol. The van der Waals surface area contributed by atoms with E-state index in [1.807, 2.05) is 13.2 Å². The Morgan fingerprint density at radius 1 is 1.33 bits per heavy atom. The first kappa shape index (κ1) is 13.8. The zero-order valence-corrected chi connectivity index (χ0v) is 12.4. The molecule has 3 nitrogen and oxygen atoms in total. The van der Waals surface area contributed by atoms with E-state index in [2.05, 4.69) is 44.3 Å². The van der Waals surface area contributed by atoms with Crippen molar-refractivity contribution in [1.82, 2.24) is 4.90 Å². The number of para-hydroxylation sites is 1. The molecule has 1 N–H and O–H groups in total. The Balaban J connectivity index is 1.69. The van der Waals surface area contributed by atoms with Crippen LogP contribution in [-0.2, 0) is 4.74 Å². The molecule has 0 bridgehead atoms. The number of nitrogens with zero attached hydrogens (tertiary/aromatic N) is 1. The molecule has 0 aromatic heterocycles. The van der Waals surface area contributed by atoms with Gasteiger partial charge < -0.3 is 15.0 Å². The van der Waals surface area contributed by atoms with Crippen molar-refractivity contribution >= 4 is 21.6 Å². The maximum atomic E-state index is 5.38. The van der Waals surface area contributed by atoms with E-state index in [1.54, 1.807) is 0 Å². The molecule has 2 rings (SSSR count). The molecule has 1 fully saturated rings. The predicted octanol–water partition coefficient (Wildman–Crippen LogP) is 2.97. The van der Waals surface area contributed by atoms with Gasteiger partial charge in [-0.15, -0.1) is 0 Å². The van der Waals surface area contributed by atoms with Gasteiger partial charge >= 0.3 is 0 Å². The van der Waals surface area contributed by atoms with E-state index >= 15 is 0 Å². The fraction of sp³-hybridized carbons (Fsp3) is 0.571. The summed E-state index contributed by atoms with van der Waals surface area (Å²) in [7, 11) is 1.81. The van der Waals surface area contributed by atoms with Crippen LogP contribution in [0.25, 0.3) is 0 Å². The Labute approximate surface area is 118 Å². The molecule has 0 aliphatic carbocycles. The van der Waals surface area contributed by atoms with Gasteiger partial charge in [0.1, 0.15) is 0 Å². The molecule has 1 aliphatic rings. The number of piperidine rings is 1. The highest BCUT2D eigenvalue weighted by Crippen LogP contribution is 2.21. The van der Waals surface area contributed by atoms with E-state index in [0.29, 0.717) is 6.10 Å². The van der Waals surface area contributed by atoms with Gasteiger partial charge in [0.05, 0.1) is 6.10 Å². The van der Waals surface area contributed by atoms with E-state index in [9.17, 15) is 0 Å². The lowest BCUT2D eigenvalue weighted by atomic mass is 10.1. The van der Waals surface area contributed by atoms with Crippen LogP contribution < -0.4 is 5.32 Å². The quantitative estimate of drug-likeness (QED) is 0.904. The number of likely N-dealkylation sites (tertiary alicyclic amines) is 1. The molecule has 1 heterocycles. The third-order valence-electron chi connectivity index (χ3n) is 3.49. The Morgan fingerprint density at radius 2 is 2.06 bits per heavy atom. The van der Waals surface area contributed by atoms with Crippen LogP contribution in [0.4, 0.5) is 5.69 Å². The van der Waals surface area contributed by atoms with Crippen molar-refractivity contribution in [2.75, 3.05) is 38.6 Å². The van der Waals surface area contributed by atoms with Crippen molar-refractivity contribution in [3.05, 3.63) is 28.7 Å². The summed E-state index contributed by atoms with van der Waals surface area (Å²) >= 11 is 3.55. The highest BCUT2D eigenvalue weighted by Gasteiger charge is 2.17. The van der Waals surface area contributed by atoms with Gasteiger partial charge in [0, 0.05) is 43.4 Å². The van der Waals surface area contributed by atoms with Crippen molar-refractivity contribution in [2.24, 2.45) is 0 Å². The molecule has 18 heavy (non-hydrogen) atoms. The Kier molecular flexibility index (Phi) is 5.47. The second-order valence-corrected chi connectivity index (χ2v) is 5.54. The fourth-order valence-electron chi connectivity index (χ4n) is 2.32. The minimum atomic E-state index is 0.470. The molecule has 1 saturated heterocycles. The summed E-state index contributed by atoms with van der Waals surface area (Å²) in [5, 5.41) is 3.47. The van der Waals surface area contributed by atoms with Gasteiger partial charge in [-0.3, -0.25) is 0 Å². The van der Waals surface area contributed by atoms with Gasteiger partial charge in [0.2, 0.25) is 0 Å². The molecule has 1 aromatic rings. The summed E-state index contributed by atoms with van der Waals surface area (Å²) in [5.41, 5.74) is 1.17. The van der Waals surface area contributed by atoms with Gasteiger partial charge in [-0.2, -0.15) is 0 Å². The standard InChI is InChI=1S/C14H21BrN2O/c1-18-12-6-9-17(10-7-12)11-8-16-14-5-3-2-4-13(14)15/h2-5,12,16H,6-11H2,1H3. The molecule has 0 spiro atoms. The highest BCUT2D eigenvalue weighted by molar-refractivity contribution is 9.10. The minimum absolute atomic E-state index is 0.470. The van der Waals surface area contributed by atoms with Crippen LogP contribution in [0.5, 0.6) is 0 Å². The van der Waals surface area contributed by atoms with Crippen LogP contribution in [0.3, 0.4) is 0 Å². The summed E-state index contributed by atoms with van der Waals surface area (Å²) in [6.07, 6.45) is 2.79. The summed E-state index contributed by atoms with van der Waals surface area (Å²) < 4.78 is 6.51. The lowest BCUT2D eigenvalue weighted by molar-refractivity contribution is 0.0423. The maximum Gasteiger partial charge on any atom is 0.0595 e. The number of hydrogen-bond acceptors (Lipinski definition) is 3. The van der Waals surface area contributed by atoms with E-state index < -0.39 is 0 Å².